The lowest BCUT2D eigenvalue weighted by molar-refractivity contribution is -0.111. The lowest BCUT2D eigenvalue weighted by atomic mass is 10.0. The highest BCUT2D eigenvalue weighted by molar-refractivity contribution is 6.01. The Bertz CT molecular complexity index is 700. The Morgan fingerprint density at radius 1 is 1.04 bits per heavy atom. The second kappa shape index (κ2) is 8.34. The van der Waals surface area contributed by atoms with Gasteiger partial charge in [-0.2, -0.15) is 0 Å². The zero-order valence-electron chi connectivity index (χ0n) is 14.7. The summed E-state index contributed by atoms with van der Waals surface area (Å²) in [7, 11) is 0. The Morgan fingerprint density at radius 2 is 1.75 bits per heavy atom. The summed E-state index contributed by atoms with van der Waals surface area (Å²) in [5, 5.41) is 2.87. The molecule has 1 amide bonds. The normalized spacial score (nSPS) is 11.2. The molecule has 126 valence electrons. The number of amides is 1. The van der Waals surface area contributed by atoms with Crippen molar-refractivity contribution in [2.45, 2.75) is 39.7 Å². The molecular formula is C21H25NO2. The molecule has 1 N–H and O–H groups in total. The van der Waals surface area contributed by atoms with Gasteiger partial charge in [-0.05, 0) is 61.2 Å². The van der Waals surface area contributed by atoms with E-state index < -0.39 is 0 Å². The Labute approximate surface area is 144 Å². The van der Waals surface area contributed by atoms with Gasteiger partial charge in [-0.1, -0.05) is 38.1 Å². The smallest absolute Gasteiger partial charge is 0.248 e. The highest BCUT2D eigenvalue weighted by atomic mass is 16.5. The second-order valence-corrected chi connectivity index (χ2v) is 6.34. The van der Waals surface area contributed by atoms with Crippen molar-refractivity contribution < 1.29 is 9.53 Å². The van der Waals surface area contributed by atoms with Crippen LogP contribution in [0.3, 0.4) is 0 Å². The Morgan fingerprint density at radius 3 is 2.38 bits per heavy atom. The third-order valence-corrected chi connectivity index (χ3v) is 3.50. The van der Waals surface area contributed by atoms with E-state index in [1.165, 1.54) is 11.6 Å². The van der Waals surface area contributed by atoms with Crippen molar-refractivity contribution in [3.05, 3.63) is 65.7 Å². The summed E-state index contributed by atoms with van der Waals surface area (Å²) in [6, 6.07) is 15.6. The van der Waals surface area contributed by atoms with E-state index in [2.05, 4.69) is 19.2 Å². The molecule has 0 atom stereocenters. The third-order valence-electron chi connectivity index (χ3n) is 3.50. The summed E-state index contributed by atoms with van der Waals surface area (Å²) in [6.45, 7) is 8.27. The standard InChI is InChI=1S/C21H25NO2/c1-15(2)18-9-11-19(12-10-18)22-21(23)13-8-17-6-5-7-20(14-17)24-16(3)4/h5-16H,1-4H3,(H,22,23)/b13-8+. The van der Waals surface area contributed by atoms with Crippen LogP contribution in [0.5, 0.6) is 5.75 Å². The van der Waals surface area contributed by atoms with E-state index in [4.69, 9.17) is 4.74 Å². The summed E-state index contributed by atoms with van der Waals surface area (Å²) in [4.78, 5) is 12.0. The Kier molecular flexibility index (Phi) is 6.19. The maximum atomic E-state index is 12.0. The minimum Gasteiger partial charge on any atom is -0.491 e. The number of hydrogen-bond donors (Lipinski definition) is 1. The van der Waals surface area contributed by atoms with Crippen molar-refractivity contribution in [1.82, 2.24) is 0 Å². The first kappa shape index (κ1) is 17.8. The SMILES string of the molecule is CC(C)Oc1cccc(/C=C/C(=O)Nc2ccc(C(C)C)cc2)c1. The van der Waals surface area contributed by atoms with Gasteiger partial charge < -0.3 is 10.1 Å². The quantitative estimate of drug-likeness (QED) is 0.737. The highest BCUT2D eigenvalue weighted by Crippen LogP contribution is 2.18. The molecule has 0 radical (unpaired) electrons. The van der Waals surface area contributed by atoms with E-state index in [9.17, 15) is 4.79 Å². The molecule has 0 saturated heterocycles. The zero-order valence-corrected chi connectivity index (χ0v) is 14.7. The molecule has 0 spiro atoms. The molecule has 0 saturated carbocycles. The largest absolute Gasteiger partial charge is 0.491 e. The monoisotopic (exact) mass is 323 g/mol. The maximum absolute atomic E-state index is 12.0. The molecule has 3 nitrogen and oxygen atoms in total. The third kappa shape index (κ3) is 5.58. The molecule has 0 bridgehead atoms. The summed E-state index contributed by atoms with van der Waals surface area (Å²) in [5.74, 6) is 1.13. The fourth-order valence-electron chi connectivity index (χ4n) is 2.27. The van der Waals surface area contributed by atoms with E-state index in [1.807, 2.05) is 62.4 Å². The van der Waals surface area contributed by atoms with Gasteiger partial charge in [-0.25, -0.2) is 0 Å². The molecule has 0 fully saturated rings. The maximum Gasteiger partial charge on any atom is 0.248 e. The number of nitrogens with one attached hydrogen (secondary N) is 1. The van der Waals surface area contributed by atoms with Crippen LogP contribution in [0.25, 0.3) is 6.08 Å². The zero-order chi connectivity index (χ0) is 17.5. The minimum atomic E-state index is -0.150. The van der Waals surface area contributed by atoms with Crippen LogP contribution in [-0.4, -0.2) is 12.0 Å². The van der Waals surface area contributed by atoms with Gasteiger partial charge in [0.15, 0.2) is 0 Å². The van der Waals surface area contributed by atoms with E-state index in [1.54, 1.807) is 6.08 Å². The van der Waals surface area contributed by atoms with Crippen molar-refractivity contribution in [3.63, 3.8) is 0 Å². The number of benzene rings is 2. The van der Waals surface area contributed by atoms with E-state index in [-0.39, 0.29) is 12.0 Å². The number of hydrogen-bond acceptors (Lipinski definition) is 2. The summed E-state index contributed by atoms with van der Waals surface area (Å²) in [6.07, 6.45) is 3.44. The number of carbonyl (C=O) groups excluding carboxylic acids is 1. The molecule has 0 unspecified atom stereocenters. The van der Waals surface area contributed by atoms with Crippen LogP contribution in [0.1, 0.15) is 44.7 Å². The second-order valence-electron chi connectivity index (χ2n) is 6.34. The fraction of sp³-hybridized carbons (Fsp3) is 0.286. The molecule has 2 aromatic rings. The van der Waals surface area contributed by atoms with Crippen LogP contribution in [0.4, 0.5) is 5.69 Å². The van der Waals surface area contributed by atoms with Crippen LogP contribution < -0.4 is 10.1 Å². The molecule has 2 aromatic carbocycles. The molecule has 2 rings (SSSR count). The van der Waals surface area contributed by atoms with E-state index in [0.717, 1.165) is 17.0 Å². The number of rotatable bonds is 6. The number of carbonyl (C=O) groups is 1. The van der Waals surface area contributed by atoms with Crippen molar-refractivity contribution in [1.29, 1.82) is 0 Å². The molecule has 0 aromatic heterocycles. The van der Waals surface area contributed by atoms with Crippen LogP contribution in [0.2, 0.25) is 0 Å². The van der Waals surface area contributed by atoms with Gasteiger partial charge in [0.1, 0.15) is 5.75 Å². The van der Waals surface area contributed by atoms with Crippen molar-refractivity contribution in [2.24, 2.45) is 0 Å². The topological polar surface area (TPSA) is 38.3 Å². The highest BCUT2D eigenvalue weighted by Gasteiger charge is 2.02. The molecule has 0 aliphatic rings. The van der Waals surface area contributed by atoms with Crippen molar-refractivity contribution in [3.8, 4) is 5.75 Å². The lowest BCUT2D eigenvalue weighted by Gasteiger charge is -2.09. The van der Waals surface area contributed by atoms with Crippen LogP contribution >= 0.6 is 0 Å². The molecular weight excluding hydrogens is 298 g/mol. The average molecular weight is 323 g/mol. The van der Waals surface area contributed by atoms with E-state index >= 15 is 0 Å². The first-order valence-electron chi connectivity index (χ1n) is 8.30. The Hall–Kier alpha value is -2.55. The Balaban J connectivity index is 1.97. The predicted octanol–water partition coefficient (Wildman–Crippen LogP) is 5.25. The first-order chi connectivity index (χ1) is 11.4. The average Bonchev–Trinajstić information content (AvgIpc) is 2.53. The van der Waals surface area contributed by atoms with Gasteiger partial charge in [0.25, 0.3) is 0 Å². The van der Waals surface area contributed by atoms with Crippen LogP contribution in [0.15, 0.2) is 54.6 Å². The minimum absolute atomic E-state index is 0.126. The molecule has 0 aliphatic heterocycles. The van der Waals surface area contributed by atoms with Gasteiger partial charge in [0.05, 0.1) is 6.10 Å². The number of anilines is 1. The molecule has 24 heavy (non-hydrogen) atoms. The van der Waals surface area contributed by atoms with Gasteiger partial charge in [0.2, 0.25) is 5.91 Å². The molecule has 0 heterocycles. The van der Waals surface area contributed by atoms with Gasteiger partial charge >= 0.3 is 0 Å². The number of ether oxygens (including phenoxy) is 1. The summed E-state index contributed by atoms with van der Waals surface area (Å²) in [5.41, 5.74) is 2.98. The van der Waals surface area contributed by atoms with Gasteiger partial charge in [0, 0.05) is 11.8 Å². The lowest BCUT2D eigenvalue weighted by Crippen LogP contribution is -2.07. The molecule has 3 heteroatoms. The van der Waals surface area contributed by atoms with Crippen molar-refractivity contribution >= 4 is 17.7 Å². The van der Waals surface area contributed by atoms with Crippen LogP contribution in [0, 0.1) is 0 Å². The summed E-state index contributed by atoms with van der Waals surface area (Å²) >= 11 is 0. The van der Waals surface area contributed by atoms with Crippen molar-refractivity contribution in [2.75, 3.05) is 5.32 Å². The van der Waals surface area contributed by atoms with E-state index in [0.29, 0.717) is 5.92 Å². The summed E-state index contributed by atoms with van der Waals surface area (Å²) < 4.78 is 5.65. The fourth-order valence-corrected chi connectivity index (χ4v) is 2.27. The van der Waals surface area contributed by atoms with Gasteiger partial charge in [-0.15, -0.1) is 0 Å². The molecule has 0 aliphatic carbocycles. The predicted molar refractivity (Wildman–Crippen MR) is 100 cm³/mol. The van der Waals surface area contributed by atoms with Crippen LogP contribution in [-0.2, 0) is 4.79 Å². The first-order valence-corrected chi connectivity index (χ1v) is 8.30. The van der Waals surface area contributed by atoms with Gasteiger partial charge in [-0.3, -0.25) is 4.79 Å².